The molecule has 1 atom stereocenters. The van der Waals surface area contributed by atoms with E-state index in [1.54, 1.807) is 12.3 Å². The van der Waals surface area contributed by atoms with Crippen LogP contribution in [0.3, 0.4) is 0 Å². The van der Waals surface area contributed by atoms with Gasteiger partial charge in [0.25, 0.3) is 5.91 Å². The third-order valence-electron chi connectivity index (χ3n) is 5.07. The quantitative estimate of drug-likeness (QED) is 0.678. The molecule has 0 N–H and O–H groups in total. The lowest BCUT2D eigenvalue weighted by atomic mass is 9.97. The largest absolute Gasteiger partial charge is 0.351 e. The predicted molar refractivity (Wildman–Crippen MR) is 96.1 cm³/mol. The summed E-state index contributed by atoms with van der Waals surface area (Å²) in [7, 11) is 1.97. The summed E-state index contributed by atoms with van der Waals surface area (Å²) in [5.41, 5.74) is 0.795. The maximum absolute atomic E-state index is 12.7. The van der Waals surface area contributed by atoms with Crippen molar-refractivity contribution in [2.24, 2.45) is 7.05 Å². The summed E-state index contributed by atoms with van der Waals surface area (Å²) in [5.74, 6) is 2.11. The Morgan fingerprint density at radius 2 is 2.26 bits per heavy atom. The molecule has 1 saturated heterocycles. The van der Waals surface area contributed by atoms with E-state index in [0.29, 0.717) is 18.8 Å². The summed E-state index contributed by atoms with van der Waals surface area (Å²) in [6, 6.07) is 3.62. The highest BCUT2D eigenvalue weighted by molar-refractivity contribution is 5.91. The molecule has 0 bridgehead atoms. The van der Waals surface area contributed by atoms with E-state index in [1.165, 1.54) is 0 Å². The van der Waals surface area contributed by atoms with Crippen LogP contribution in [-0.2, 0) is 20.0 Å². The minimum Gasteiger partial charge on any atom is -0.351 e. The van der Waals surface area contributed by atoms with Gasteiger partial charge in [-0.05, 0) is 25.3 Å². The number of nitrogens with zero attached hydrogens (tertiary/aromatic N) is 7. The highest BCUT2D eigenvalue weighted by Gasteiger charge is 2.30. The summed E-state index contributed by atoms with van der Waals surface area (Å²) >= 11 is 0. The zero-order valence-electron chi connectivity index (χ0n) is 15.6. The van der Waals surface area contributed by atoms with E-state index in [4.69, 9.17) is 4.52 Å². The zero-order valence-corrected chi connectivity index (χ0v) is 15.6. The van der Waals surface area contributed by atoms with Crippen LogP contribution in [0, 0.1) is 0 Å². The van der Waals surface area contributed by atoms with E-state index in [2.05, 4.69) is 20.5 Å². The molecule has 0 aromatic carbocycles. The fraction of sp³-hybridized carbons (Fsp3) is 0.500. The van der Waals surface area contributed by atoms with Crippen molar-refractivity contribution in [2.45, 2.75) is 38.6 Å². The van der Waals surface area contributed by atoms with Crippen molar-refractivity contribution in [3.63, 3.8) is 0 Å². The first-order chi connectivity index (χ1) is 13.2. The van der Waals surface area contributed by atoms with Gasteiger partial charge in [0.1, 0.15) is 12.4 Å². The van der Waals surface area contributed by atoms with Crippen molar-refractivity contribution in [1.29, 1.82) is 0 Å². The number of hydrogen-bond donors (Lipinski definition) is 0. The lowest BCUT2D eigenvalue weighted by Crippen LogP contribution is -2.39. The van der Waals surface area contributed by atoms with Gasteiger partial charge >= 0.3 is 0 Å². The maximum atomic E-state index is 12.7. The van der Waals surface area contributed by atoms with E-state index in [-0.39, 0.29) is 11.8 Å². The number of aryl methyl sites for hydroxylation is 1. The number of carbonyl (C=O) groups is 1. The van der Waals surface area contributed by atoms with Crippen molar-refractivity contribution in [2.75, 3.05) is 13.1 Å². The molecule has 0 aliphatic carbocycles. The Labute approximate surface area is 157 Å². The Kier molecular flexibility index (Phi) is 4.74. The molecule has 4 rings (SSSR count). The second-order valence-electron chi connectivity index (χ2n) is 6.86. The number of aromatic nitrogens is 6. The summed E-state index contributed by atoms with van der Waals surface area (Å²) in [4.78, 5) is 14.6. The fourth-order valence-electron chi connectivity index (χ4n) is 3.51. The summed E-state index contributed by atoms with van der Waals surface area (Å²) < 4.78 is 9.05. The molecule has 142 valence electrons. The minimum absolute atomic E-state index is 0.106. The molecule has 4 heterocycles. The second kappa shape index (κ2) is 7.34. The van der Waals surface area contributed by atoms with Crippen LogP contribution in [0.25, 0.3) is 0 Å². The van der Waals surface area contributed by atoms with Crippen molar-refractivity contribution in [1.82, 2.24) is 34.6 Å². The van der Waals surface area contributed by atoms with Gasteiger partial charge in [0, 0.05) is 44.5 Å². The lowest BCUT2D eigenvalue weighted by molar-refractivity contribution is 0.0661. The van der Waals surface area contributed by atoms with Gasteiger partial charge in [0.05, 0.1) is 5.69 Å². The van der Waals surface area contributed by atoms with Gasteiger partial charge in [-0.3, -0.25) is 9.48 Å². The Bertz CT molecular complexity index is 912. The number of rotatable bonds is 5. The molecule has 0 spiro atoms. The summed E-state index contributed by atoms with van der Waals surface area (Å²) in [6.45, 7) is 3.88. The highest BCUT2D eigenvalue weighted by atomic mass is 16.5. The van der Waals surface area contributed by atoms with Crippen LogP contribution in [-0.4, -0.2) is 53.6 Å². The molecule has 3 aromatic heterocycles. The van der Waals surface area contributed by atoms with Gasteiger partial charge in [-0.1, -0.05) is 12.1 Å². The molecular formula is C18H23N7O2. The maximum Gasteiger partial charge on any atom is 0.292 e. The SMILES string of the molecule is CCc1cc(C(=O)N2CCC[C@H](c3nnc(Cn4cccn4)n3C)C2)on1. The van der Waals surface area contributed by atoms with Gasteiger partial charge in [0.15, 0.2) is 5.82 Å². The smallest absolute Gasteiger partial charge is 0.292 e. The standard InChI is InChI=1S/C18H23N7O2/c1-3-14-10-15(27-22-14)18(26)24-8-4-6-13(11-24)17-21-20-16(23(17)2)12-25-9-5-7-19-25/h5,7,9-10,13H,3-4,6,8,11-12H2,1-2H3/t13-/m0/s1. The molecular weight excluding hydrogens is 346 g/mol. The normalized spacial score (nSPS) is 17.4. The molecule has 0 unspecified atom stereocenters. The zero-order chi connectivity index (χ0) is 18.8. The number of carbonyl (C=O) groups excluding carboxylic acids is 1. The van der Waals surface area contributed by atoms with E-state index in [0.717, 1.165) is 43.1 Å². The number of likely N-dealkylation sites (tertiary alicyclic amines) is 1. The number of amides is 1. The third kappa shape index (κ3) is 3.49. The molecule has 1 aliphatic rings. The van der Waals surface area contributed by atoms with E-state index in [9.17, 15) is 4.79 Å². The Hall–Kier alpha value is -2.97. The molecule has 0 saturated carbocycles. The van der Waals surface area contributed by atoms with Crippen LogP contribution in [0.15, 0.2) is 29.0 Å². The van der Waals surface area contributed by atoms with Crippen molar-refractivity contribution < 1.29 is 9.32 Å². The average molecular weight is 369 g/mol. The summed E-state index contributed by atoms with van der Waals surface area (Å²) in [6.07, 6.45) is 6.30. The van der Waals surface area contributed by atoms with Gasteiger partial charge in [-0.25, -0.2) is 0 Å². The molecule has 3 aromatic rings. The van der Waals surface area contributed by atoms with Crippen molar-refractivity contribution in [3.8, 4) is 0 Å². The Morgan fingerprint density at radius 3 is 3.00 bits per heavy atom. The first kappa shape index (κ1) is 17.4. The van der Waals surface area contributed by atoms with Crippen LogP contribution in [0.1, 0.15) is 53.6 Å². The van der Waals surface area contributed by atoms with E-state index >= 15 is 0 Å². The first-order valence-electron chi connectivity index (χ1n) is 9.26. The molecule has 0 radical (unpaired) electrons. The highest BCUT2D eigenvalue weighted by Crippen LogP contribution is 2.27. The van der Waals surface area contributed by atoms with E-state index in [1.807, 2.05) is 40.4 Å². The monoisotopic (exact) mass is 369 g/mol. The van der Waals surface area contributed by atoms with Gasteiger partial charge < -0.3 is 14.0 Å². The van der Waals surface area contributed by atoms with Gasteiger partial charge in [0.2, 0.25) is 5.76 Å². The molecule has 9 heteroatoms. The third-order valence-corrected chi connectivity index (χ3v) is 5.07. The Morgan fingerprint density at radius 1 is 1.37 bits per heavy atom. The summed E-state index contributed by atoms with van der Waals surface area (Å²) in [5, 5.41) is 16.9. The topological polar surface area (TPSA) is 94.9 Å². The van der Waals surface area contributed by atoms with Crippen LogP contribution in [0.5, 0.6) is 0 Å². The predicted octanol–water partition coefficient (Wildman–Crippen LogP) is 1.63. The van der Waals surface area contributed by atoms with Crippen LogP contribution in [0.2, 0.25) is 0 Å². The lowest BCUT2D eigenvalue weighted by Gasteiger charge is -2.31. The van der Waals surface area contributed by atoms with Crippen LogP contribution < -0.4 is 0 Å². The van der Waals surface area contributed by atoms with E-state index < -0.39 is 0 Å². The molecule has 1 fully saturated rings. The molecule has 1 aliphatic heterocycles. The first-order valence-corrected chi connectivity index (χ1v) is 9.26. The van der Waals surface area contributed by atoms with Crippen LogP contribution in [0.4, 0.5) is 0 Å². The Balaban J connectivity index is 1.48. The fourth-order valence-corrected chi connectivity index (χ4v) is 3.51. The minimum atomic E-state index is -0.106. The number of hydrogen-bond acceptors (Lipinski definition) is 6. The van der Waals surface area contributed by atoms with Crippen molar-refractivity contribution in [3.05, 3.63) is 47.6 Å². The number of piperidine rings is 1. The van der Waals surface area contributed by atoms with Crippen LogP contribution >= 0.6 is 0 Å². The molecule has 27 heavy (non-hydrogen) atoms. The van der Waals surface area contributed by atoms with Crippen molar-refractivity contribution >= 4 is 5.91 Å². The second-order valence-corrected chi connectivity index (χ2v) is 6.86. The van der Waals surface area contributed by atoms with Gasteiger partial charge in [-0.2, -0.15) is 5.10 Å². The van der Waals surface area contributed by atoms with Gasteiger partial charge in [-0.15, -0.1) is 10.2 Å². The molecule has 9 nitrogen and oxygen atoms in total. The average Bonchev–Trinajstić information content (AvgIpc) is 3.44. The molecule has 1 amide bonds.